The summed E-state index contributed by atoms with van der Waals surface area (Å²) in [5.74, 6) is 0.954. The summed E-state index contributed by atoms with van der Waals surface area (Å²) in [7, 11) is -1.70. The molecule has 0 radical (unpaired) electrons. The van der Waals surface area contributed by atoms with E-state index in [0.29, 0.717) is 0 Å². The average molecular weight is 697 g/mol. The highest BCUT2D eigenvalue weighted by molar-refractivity contribution is 7.95. The molecule has 0 fully saturated rings. The van der Waals surface area contributed by atoms with E-state index in [1.807, 2.05) is 6.07 Å². The number of unbranched alkanes of at least 4 members (excludes halogenated alkanes) is 5. The van der Waals surface area contributed by atoms with Gasteiger partial charge in [-0.25, -0.2) is 0 Å². The van der Waals surface area contributed by atoms with Crippen molar-refractivity contribution in [1.82, 2.24) is 0 Å². The van der Waals surface area contributed by atoms with Gasteiger partial charge in [0.1, 0.15) is 28.9 Å². The molecule has 0 spiro atoms. The molecule has 0 atom stereocenters. The third-order valence-electron chi connectivity index (χ3n) is 7.90. The summed E-state index contributed by atoms with van der Waals surface area (Å²) in [4.78, 5) is 0. The highest BCUT2D eigenvalue weighted by atomic mass is 127. The van der Waals surface area contributed by atoms with E-state index in [-0.39, 0.29) is 24.0 Å². The molecule has 3 heteroatoms. The van der Waals surface area contributed by atoms with Gasteiger partial charge in [0, 0.05) is 0 Å². The van der Waals surface area contributed by atoms with Crippen molar-refractivity contribution in [3.05, 3.63) is 157 Å². The van der Waals surface area contributed by atoms with Crippen LogP contribution in [0.25, 0.3) is 12.2 Å². The fraction of sp³-hybridized carbons (Fsp3) is 0.200. The average Bonchev–Trinajstić information content (AvgIpc) is 3.07. The molecule has 0 N–H and O–H groups in total. The van der Waals surface area contributed by atoms with Crippen molar-refractivity contribution >= 4 is 35.3 Å². The molecule has 0 aliphatic carbocycles. The van der Waals surface area contributed by atoms with Crippen LogP contribution < -0.4 is 44.6 Å². The van der Waals surface area contributed by atoms with Crippen LogP contribution in [0, 0.1) is 0 Å². The van der Waals surface area contributed by atoms with Crippen molar-refractivity contribution in [3.8, 4) is 5.75 Å². The zero-order valence-electron chi connectivity index (χ0n) is 24.9. The van der Waals surface area contributed by atoms with Crippen LogP contribution in [0.5, 0.6) is 5.75 Å². The van der Waals surface area contributed by atoms with Gasteiger partial charge in [0.05, 0.1) is 12.8 Å². The third-order valence-corrected chi connectivity index (χ3v) is 12.4. The molecule has 0 heterocycles. The van der Waals surface area contributed by atoms with E-state index in [0.717, 1.165) is 18.8 Å². The predicted octanol–water partition coefficient (Wildman–Crippen LogP) is 6.57. The molecule has 1 nitrogen and oxygen atoms in total. The molecular formula is C40H42IOP. The van der Waals surface area contributed by atoms with Gasteiger partial charge in [-0.15, -0.1) is 0 Å². The Balaban J connectivity index is 0.00000423. The van der Waals surface area contributed by atoms with Crippen LogP contribution in [0.1, 0.15) is 49.7 Å². The normalized spacial score (nSPS) is 11.3. The summed E-state index contributed by atoms with van der Waals surface area (Å²) < 4.78 is 6.02. The predicted molar refractivity (Wildman–Crippen MR) is 185 cm³/mol. The molecule has 220 valence electrons. The molecule has 0 aromatic heterocycles. The Kier molecular flexibility index (Phi) is 13.5. The first-order valence-electron chi connectivity index (χ1n) is 15.4. The van der Waals surface area contributed by atoms with E-state index in [2.05, 4.69) is 152 Å². The van der Waals surface area contributed by atoms with Crippen LogP contribution in [0.15, 0.2) is 146 Å². The van der Waals surface area contributed by atoms with Crippen molar-refractivity contribution in [2.24, 2.45) is 0 Å². The second-order valence-corrected chi connectivity index (χ2v) is 14.4. The van der Waals surface area contributed by atoms with Gasteiger partial charge in [0.2, 0.25) is 0 Å². The largest absolute Gasteiger partial charge is 1.00 e. The van der Waals surface area contributed by atoms with Crippen molar-refractivity contribution in [2.45, 2.75) is 38.5 Å². The maximum absolute atomic E-state index is 6.02. The first-order chi connectivity index (χ1) is 20.8. The minimum absolute atomic E-state index is 0. The first kappa shape index (κ1) is 32.7. The Hall–Kier alpha value is -3.20. The second kappa shape index (κ2) is 17.8. The lowest BCUT2D eigenvalue weighted by Gasteiger charge is -2.27. The van der Waals surface area contributed by atoms with Gasteiger partial charge in [-0.1, -0.05) is 128 Å². The molecular weight excluding hydrogens is 654 g/mol. The molecule has 0 aliphatic rings. The van der Waals surface area contributed by atoms with E-state index in [9.17, 15) is 0 Å². The van der Waals surface area contributed by atoms with Crippen LogP contribution in [0.2, 0.25) is 0 Å². The monoisotopic (exact) mass is 696 g/mol. The number of halogens is 1. The molecule has 5 aromatic carbocycles. The number of hydrogen-bond donors (Lipinski definition) is 0. The Bertz CT molecular complexity index is 1370. The Morgan fingerprint density at radius 2 is 0.814 bits per heavy atom. The van der Waals surface area contributed by atoms with Gasteiger partial charge in [0.25, 0.3) is 0 Å². The maximum Gasteiger partial charge on any atom is 0.119 e. The fourth-order valence-electron chi connectivity index (χ4n) is 5.66. The number of ether oxygens (including phenoxy) is 1. The first-order valence-corrected chi connectivity index (χ1v) is 17.3. The van der Waals surface area contributed by atoms with Gasteiger partial charge in [-0.2, -0.15) is 0 Å². The van der Waals surface area contributed by atoms with Gasteiger partial charge in [-0.05, 0) is 78.9 Å². The molecule has 0 unspecified atom stereocenters. The van der Waals surface area contributed by atoms with E-state index in [1.165, 1.54) is 65.3 Å². The van der Waals surface area contributed by atoms with Crippen molar-refractivity contribution in [1.29, 1.82) is 0 Å². The molecule has 0 amide bonds. The Labute approximate surface area is 276 Å². The van der Waals surface area contributed by atoms with Crippen LogP contribution in [-0.2, 0) is 0 Å². The van der Waals surface area contributed by atoms with Gasteiger partial charge in [-0.3, -0.25) is 0 Å². The second-order valence-electron chi connectivity index (χ2n) is 10.8. The highest BCUT2D eigenvalue weighted by Crippen LogP contribution is 2.56. The summed E-state index contributed by atoms with van der Waals surface area (Å²) in [6.07, 6.45) is 12.9. The smallest absolute Gasteiger partial charge is 0.119 e. The van der Waals surface area contributed by atoms with Crippen molar-refractivity contribution in [3.63, 3.8) is 0 Å². The summed E-state index contributed by atoms with van der Waals surface area (Å²) >= 11 is 0. The number of hydrogen-bond acceptors (Lipinski definition) is 1. The van der Waals surface area contributed by atoms with Crippen molar-refractivity contribution in [2.75, 3.05) is 12.8 Å². The lowest BCUT2D eigenvalue weighted by Crippen LogP contribution is -3.00. The SMILES string of the molecule is C(=C\c1ccc(OCCCCCCCC[P+](c2ccccc2)(c2ccccc2)c2ccccc2)cc1)/c1ccccc1.[I-]. The fourth-order valence-corrected chi connectivity index (χ4v) is 10.1. The van der Waals surface area contributed by atoms with E-state index in [4.69, 9.17) is 4.74 Å². The molecule has 43 heavy (non-hydrogen) atoms. The Morgan fingerprint density at radius 3 is 1.30 bits per heavy atom. The number of rotatable bonds is 15. The molecule has 0 bridgehead atoms. The van der Waals surface area contributed by atoms with Crippen LogP contribution >= 0.6 is 7.26 Å². The molecule has 5 rings (SSSR count). The summed E-state index contributed by atoms with van der Waals surface area (Å²) in [5.41, 5.74) is 2.40. The number of benzene rings is 5. The minimum atomic E-state index is -1.70. The summed E-state index contributed by atoms with van der Waals surface area (Å²) in [6.45, 7) is 0.782. The molecule has 0 saturated heterocycles. The van der Waals surface area contributed by atoms with Gasteiger partial charge >= 0.3 is 0 Å². The van der Waals surface area contributed by atoms with E-state index in [1.54, 1.807) is 0 Å². The minimum Gasteiger partial charge on any atom is -1.00 e. The Morgan fingerprint density at radius 1 is 0.419 bits per heavy atom. The van der Waals surface area contributed by atoms with Crippen LogP contribution in [0.3, 0.4) is 0 Å². The molecule has 0 aliphatic heterocycles. The standard InChI is InChI=1S/C40H42OP.HI/c1(3-17-33-41-37-31-29-36(30-32-37)28-27-35-19-9-5-10-20-35)2-4-18-34-42(38-21-11-6-12-22-38,39-23-13-7-14-24-39)40-25-15-8-16-26-40;/h5-16,19-32H,1-4,17-18,33-34H2;1H/q+1;/p-1/b28-27+;. The van der Waals surface area contributed by atoms with Crippen LogP contribution in [0.4, 0.5) is 0 Å². The zero-order valence-corrected chi connectivity index (χ0v) is 28.0. The van der Waals surface area contributed by atoms with Gasteiger partial charge in [0.15, 0.2) is 0 Å². The lowest BCUT2D eigenvalue weighted by molar-refractivity contribution is -0.00000865. The topological polar surface area (TPSA) is 9.23 Å². The van der Waals surface area contributed by atoms with E-state index >= 15 is 0 Å². The third kappa shape index (κ3) is 9.39. The summed E-state index contributed by atoms with van der Waals surface area (Å²) in [6, 6.07) is 52.5. The molecule has 0 saturated carbocycles. The van der Waals surface area contributed by atoms with Crippen molar-refractivity contribution < 1.29 is 28.7 Å². The molecule has 5 aromatic rings. The van der Waals surface area contributed by atoms with E-state index < -0.39 is 7.26 Å². The van der Waals surface area contributed by atoms with Crippen LogP contribution in [-0.4, -0.2) is 12.8 Å². The quantitative estimate of drug-likeness (QED) is 0.0521. The van der Waals surface area contributed by atoms with Gasteiger partial charge < -0.3 is 28.7 Å². The highest BCUT2D eigenvalue weighted by Gasteiger charge is 2.44. The summed E-state index contributed by atoms with van der Waals surface area (Å²) in [5, 5.41) is 4.46. The maximum atomic E-state index is 6.02. The lowest BCUT2D eigenvalue weighted by atomic mass is 10.1. The zero-order chi connectivity index (χ0) is 28.7.